The van der Waals surface area contributed by atoms with Gasteiger partial charge in [0.25, 0.3) is 0 Å². The van der Waals surface area contributed by atoms with Crippen LogP contribution in [0.2, 0.25) is 0 Å². The van der Waals surface area contributed by atoms with Gasteiger partial charge in [-0.05, 0) is 25.5 Å². The minimum absolute atomic E-state index is 0.00550. The second kappa shape index (κ2) is 6.23. The number of benzene rings is 1. The quantitative estimate of drug-likeness (QED) is 0.821. The van der Waals surface area contributed by atoms with Crippen LogP contribution in [0.15, 0.2) is 36.7 Å². The number of pyridine rings is 1. The van der Waals surface area contributed by atoms with Gasteiger partial charge >= 0.3 is 0 Å². The highest BCUT2D eigenvalue weighted by Gasteiger charge is 2.12. The number of nitrogens with one attached hydrogen (secondary N) is 1. The van der Waals surface area contributed by atoms with Crippen LogP contribution in [0.1, 0.15) is 25.5 Å². The minimum atomic E-state index is -0.455. The summed E-state index contributed by atoms with van der Waals surface area (Å²) in [6, 6.07) is 6.69. The number of anilines is 2. The normalized spacial score (nSPS) is 11.9. The average Bonchev–Trinajstić information content (AvgIpc) is 2.45. The van der Waals surface area contributed by atoms with Crippen molar-refractivity contribution in [2.24, 2.45) is 0 Å². The Labute approximate surface area is 117 Å². The van der Waals surface area contributed by atoms with E-state index in [0.717, 1.165) is 5.56 Å². The van der Waals surface area contributed by atoms with E-state index in [9.17, 15) is 4.39 Å². The monoisotopic (exact) mass is 275 g/mol. The maximum absolute atomic E-state index is 13.6. The van der Waals surface area contributed by atoms with Crippen molar-refractivity contribution < 1.29 is 9.13 Å². The van der Waals surface area contributed by atoms with Gasteiger partial charge in [0.2, 0.25) is 0 Å². The molecule has 0 fully saturated rings. The molecule has 0 amide bonds. The van der Waals surface area contributed by atoms with Crippen LogP contribution >= 0.6 is 0 Å². The Bertz CT molecular complexity index is 575. The van der Waals surface area contributed by atoms with Crippen LogP contribution in [0.4, 0.5) is 15.8 Å². The lowest BCUT2D eigenvalue weighted by atomic mass is 10.1. The highest BCUT2D eigenvalue weighted by atomic mass is 19.1. The molecule has 1 heterocycles. The van der Waals surface area contributed by atoms with Gasteiger partial charge in [-0.15, -0.1) is 0 Å². The first-order chi connectivity index (χ1) is 9.61. The van der Waals surface area contributed by atoms with Gasteiger partial charge < -0.3 is 15.8 Å². The zero-order chi connectivity index (χ0) is 14.5. The molecule has 0 saturated heterocycles. The van der Waals surface area contributed by atoms with Crippen LogP contribution in [-0.2, 0) is 0 Å². The molecule has 4 nitrogen and oxygen atoms in total. The standard InChI is InChI=1S/C15H18FN3O/c1-3-20-15-8-14(13(17)7-12(15)16)19-10(2)11-5-4-6-18-9-11/h4-10,19H,3,17H2,1-2H3. The Morgan fingerprint density at radius 1 is 1.45 bits per heavy atom. The molecule has 0 aliphatic heterocycles. The second-order valence-corrected chi connectivity index (χ2v) is 4.46. The summed E-state index contributed by atoms with van der Waals surface area (Å²) in [6.45, 7) is 4.19. The molecule has 1 aromatic carbocycles. The molecule has 0 aliphatic carbocycles. The van der Waals surface area contributed by atoms with Crippen LogP contribution in [-0.4, -0.2) is 11.6 Å². The molecule has 0 aliphatic rings. The first-order valence-corrected chi connectivity index (χ1v) is 6.50. The van der Waals surface area contributed by atoms with E-state index in [-0.39, 0.29) is 11.8 Å². The van der Waals surface area contributed by atoms with E-state index in [1.54, 1.807) is 25.4 Å². The molecule has 0 spiro atoms. The third-order valence-electron chi connectivity index (χ3n) is 2.96. The number of halogens is 1. The number of aromatic nitrogens is 1. The molecular formula is C15H18FN3O. The summed E-state index contributed by atoms with van der Waals surface area (Å²) in [7, 11) is 0. The Kier molecular flexibility index (Phi) is 4.40. The predicted molar refractivity (Wildman–Crippen MR) is 78.3 cm³/mol. The van der Waals surface area contributed by atoms with Crippen molar-refractivity contribution in [1.82, 2.24) is 4.98 Å². The number of hydrogen-bond donors (Lipinski definition) is 2. The van der Waals surface area contributed by atoms with Crippen LogP contribution in [0, 0.1) is 5.82 Å². The molecule has 1 unspecified atom stereocenters. The van der Waals surface area contributed by atoms with Crippen LogP contribution in [0.5, 0.6) is 5.75 Å². The van der Waals surface area contributed by atoms with Crippen molar-refractivity contribution in [3.8, 4) is 5.75 Å². The third kappa shape index (κ3) is 3.17. The Balaban J connectivity index is 2.22. The van der Waals surface area contributed by atoms with Gasteiger partial charge in [-0.1, -0.05) is 6.07 Å². The van der Waals surface area contributed by atoms with Gasteiger partial charge in [0, 0.05) is 24.5 Å². The van der Waals surface area contributed by atoms with Gasteiger partial charge in [0.15, 0.2) is 11.6 Å². The van der Waals surface area contributed by atoms with E-state index in [0.29, 0.717) is 18.0 Å². The van der Waals surface area contributed by atoms with E-state index >= 15 is 0 Å². The van der Waals surface area contributed by atoms with Gasteiger partial charge in [-0.25, -0.2) is 4.39 Å². The summed E-state index contributed by atoms with van der Waals surface area (Å²) >= 11 is 0. The van der Waals surface area contributed by atoms with E-state index in [4.69, 9.17) is 10.5 Å². The lowest BCUT2D eigenvalue weighted by Gasteiger charge is -2.18. The fraction of sp³-hybridized carbons (Fsp3) is 0.267. The molecular weight excluding hydrogens is 257 g/mol. The highest BCUT2D eigenvalue weighted by molar-refractivity contribution is 5.69. The lowest BCUT2D eigenvalue weighted by molar-refractivity contribution is 0.322. The van der Waals surface area contributed by atoms with Crippen molar-refractivity contribution in [2.75, 3.05) is 17.7 Å². The Morgan fingerprint density at radius 3 is 2.90 bits per heavy atom. The summed E-state index contributed by atoms with van der Waals surface area (Å²) in [4.78, 5) is 4.07. The van der Waals surface area contributed by atoms with Crippen molar-refractivity contribution in [1.29, 1.82) is 0 Å². The fourth-order valence-corrected chi connectivity index (χ4v) is 1.91. The van der Waals surface area contributed by atoms with Gasteiger partial charge in [-0.3, -0.25) is 4.98 Å². The Hall–Kier alpha value is -2.30. The molecule has 0 radical (unpaired) electrons. The molecule has 1 aromatic heterocycles. The van der Waals surface area contributed by atoms with Crippen LogP contribution < -0.4 is 15.8 Å². The molecule has 0 saturated carbocycles. The van der Waals surface area contributed by atoms with Crippen LogP contribution in [0.25, 0.3) is 0 Å². The summed E-state index contributed by atoms with van der Waals surface area (Å²) in [5.74, 6) is -0.258. The fourth-order valence-electron chi connectivity index (χ4n) is 1.91. The van der Waals surface area contributed by atoms with Crippen molar-refractivity contribution >= 4 is 11.4 Å². The zero-order valence-electron chi connectivity index (χ0n) is 11.6. The lowest BCUT2D eigenvalue weighted by Crippen LogP contribution is -2.09. The van der Waals surface area contributed by atoms with E-state index < -0.39 is 5.82 Å². The van der Waals surface area contributed by atoms with Gasteiger partial charge in [-0.2, -0.15) is 0 Å². The molecule has 1 atom stereocenters. The second-order valence-electron chi connectivity index (χ2n) is 4.46. The van der Waals surface area contributed by atoms with E-state index in [1.807, 2.05) is 19.1 Å². The van der Waals surface area contributed by atoms with Crippen molar-refractivity contribution in [3.05, 3.63) is 48.0 Å². The smallest absolute Gasteiger partial charge is 0.167 e. The molecule has 2 rings (SSSR count). The number of nitrogens with two attached hydrogens (primary N) is 1. The van der Waals surface area contributed by atoms with Crippen molar-refractivity contribution in [2.45, 2.75) is 19.9 Å². The topological polar surface area (TPSA) is 60.2 Å². The molecule has 0 bridgehead atoms. The number of nitrogens with zero attached hydrogens (tertiary/aromatic N) is 1. The molecule has 106 valence electrons. The highest BCUT2D eigenvalue weighted by Crippen LogP contribution is 2.30. The number of nitrogen functional groups attached to an aromatic ring is 1. The maximum Gasteiger partial charge on any atom is 0.167 e. The number of ether oxygens (including phenoxy) is 1. The molecule has 20 heavy (non-hydrogen) atoms. The third-order valence-corrected chi connectivity index (χ3v) is 2.96. The number of rotatable bonds is 5. The minimum Gasteiger partial charge on any atom is -0.491 e. The van der Waals surface area contributed by atoms with Gasteiger partial charge in [0.05, 0.1) is 24.0 Å². The summed E-state index contributed by atoms with van der Waals surface area (Å²) < 4.78 is 18.9. The molecule has 2 aromatic rings. The molecule has 5 heteroatoms. The molecule has 3 N–H and O–H groups in total. The maximum atomic E-state index is 13.6. The summed E-state index contributed by atoms with van der Waals surface area (Å²) in [6.07, 6.45) is 3.50. The summed E-state index contributed by atoms with van der Waals surface area (Å²) in [5, 5.41) is 3.24. The predicted octanol–water partition coefficient (Wildman–Crippen LogP) is 3.37. The first kappa shape index (κ1) is 14.1. The average molecular weight is 275 g/mol. The SMILES string of the molecule is CCOc1cc(NC(C)c2cccnc2)c(N)cc1F. The van der Waals surface area contributed by atoms with Gasteiger partial charge in [0.1, 0.15) is 0 Å². The van der Waals surface area contributed by atoms with Crippen LogP contribution in [0.3, 0.4) is 0 Å². The zero-order valence-corrected chi connectivity index (χ0v) is 11.6. The largest absolute Gasteiger partial charge is 0.491 e. The first-order valence-electron chi connectivity index (χ1n) is 6.50. The van der Waals surface area contributed by atoms with E-state index in [2.05, 4.69) is 10.3 Å². The Morgan fingerprint density at radius 2 is 2.25 bits per heavy atom. The number of hydrogen-bond acceptors (Lipinski definition) is 4. The van der Waals surface area contributed by atoms with E-state index in [1.165, 1.54) is 6.07 Å². The summed E-state index contributed by atoms with van der Waals surface area (Å²) in [5.41, 5.74) is 7.85. The van der Waals surface area contributed by atoms with Crippen molar-refractivity contribution in [3.63, 3.8) is 0 Å².